The number of nitrogens with zero attached hydrogens (tertiary/aromatic N) is 1. The number of fused-ring (bicyclic) bond motifs is 3. The molecule has 0 unspecified atom stereocenters. The van der Waals surface area contributed by atoms with Crippen LogP contribution < -0.4 is 0 Å². The Labute approximate surface area is 125 Å². The number of carbonyl (C=O) groups excluding carboxylic acids is 1. The molecule has 7 heteroatoms. The van der Waals surface area contributed by atoms with E-state index in [1.807, 2.05) is 0 Å². The summed E-state index contributed by atoms with van der Waals surface area (Å²) in [6.07, 6.45) is 1.22. The van der Waals surface area contributed by atoms with Gasteiger partial charge in [0.1, 0.15) is 5.69 Å². The molecule has 0 bridgehead atoms. The standard InChI is InChI=1S/C14H16N2O4S/c1-2-20-14(19)16-5-3-8-10(4-6-16)21-11-7-9(13(17)18)15-12(8)11/h7,15H,2-6H2,1H3,(H,17,18). The van der Waals surface area contributed by atoms with Crippen molar-refractivity contribution in [2.75, 3.05) is 19.7 Å². The van der Waals surface area contributed by atoms with Gasteiger partial charge in [0, 0.05) is 18.0 Å². The number of carboxylic acids is 1. The predicted octanol–water partition coefficient (Wildman–Crippen LogP) is 2.48. The summed E-state index contributed by atoms with van der Waals surface area (Å²) >= 11 is 1.61. The van der Waals surface area contributed by atoms with Crippen molar-refractivity contribution in [3.8, 4) is 0 Å². The van der Waals surface area contributed by atoms with Crippen LogP contribution in [0.25, 0.3) is 10.2 Å². The topological polar surface area (TPSA) is 82.6 Å². The molecule has 1 aliphatic heterocycles. The van der Waals surface area contributed by atoms with Gasteiger partial charge >= 0.3 is 12.1 Å². The molecule has 0 saturated heterocycles. The van der Waals surface area contributed by atoms with Gasteiger partial charge in [-0.05, 0) is 31.4 Å². The summed E-state index contributed by atoms with van der Waals surface area (Å²) in [7, 11) is 0. The van der Waals surface area contributed by atoms with Gasteiger partial charge in [-0.25, -0.2) is 9.59 Å². The van der Waals surface area contributed by atoms with Crippen molar-refractivity contribution in [3.63, 3.8) is 0 Å². The number of amides is 1. The molecule has 0 spiro atoms. The van der Waals surface area contributed by atoms with E-state index in [9.17, 15) is 9.59 Å². The molecule has 3 heterocycles. The summed E-state index contributed by atoms with van der Waals surface area (Å²) in [4.78, 5) is 28.7. The first-order valence-electron chi connectivity index (χ1n) is 6.88. The van der Waals surface area contributed by atoms with E-state index in [4.69, 9.17) is 9.84 Å². The van der Waals surface area contributed by atoms with Crippen molar-refractivity contribution in [3.05, 3.63) is 22.2 Å². The number of aromatic amines is 1. The molecule has 3 rings (SSSR count). The number of rotatable bonds is 2. The number of hydrogen-bond acceptors (Lipinski definition) is 4. The molecule has 6 nitrogen and oxygen atoms in total. The first-order chi connectivity index (χ1) is 10.1. The Hall–Kier alpha value is -2.02. The summed E-state index contributed by atoms with van der Waals surface area (Å²) < 4.78 is 6.01. The number of ether oxygens (including phenoxy) is 1. The Kier molecular flexibility index (Phi) is 3.59. The zero-order valence-electron chi connectivity index (χ0n) is 11.6. The number of nitrogens with one attached hydrogen (secondary N) is 1. The molecular formula is C14H16N2O4S. The third-order valence-electron chi connectivity index (χ3n) is 3.65. The highest BCUT2D eigenvalue weighted by atomic mass is 32.1. The molecule has 0 atom stereocenters. The first-order valence-corrected chi connectivity index (χ1v) is 7.70. The molecule has 2 aromatic rings. The Morgan fingerprint density at radius 2 is 2.19 bits per heavy atom. The van der Waals surface area contributed by atoms with E-state index >= 15 is 0 Å². The molecule has 2 N–H and O–H groups in total. The van der Waals surface area contributed by atoms with Gasteiger partial charge in [0.05, 0.1) is 16.8 Å². The number of carboxylic acid groups (broad SMARTS) is 1. The molecule has 0 radical (unpaired) electrons. The van der Waals surface area contributed by atoms with Gasteiger partial charge in [-0.3, -0.25) is 0 Å². The molecular weight excluding hydrogens is 292 g/mol. The number of thiophene rings is 1. The van der Waals surface area contributed by atoms with Crippen molar-refractivity contribution in [2.45, 2.75) is 19.8 Å². The number of carbonyl (C=O) groups is 2. The lowest BCUT2D eigenvalue weighted by Gasteiger charge is -2.19. The largest absolute Gasteiger partial charge is 0.477 e. The van der Waals surface area contributed by atoms with E-state index in [2.05, 4.69) is 4.98 Å². The van der Waals surface area contributed by atoms with Crippen LogP contribution in [0.15, 0.2) is 6.07 Å². The van der Waals surface area contributed by atoms with Crippen LogP contribution in [0, 0.1) is 0 Å². The van der Waals surface area contributed by atoms with Crippen LogP contribution in [0.3, 0.4) is 0 Å². The van der Waals surface area contributed by atoms with E-state index < -0.39 is 5.97 Å². The molecule has 1 aliphatic rings. The Morgan fingerprint density at radius 3 is 2.90 bits per heavy atom. The molecule has 0 fully saturated rings. The molecule has 21 heavy (non-hydrogen) atoms. The second kappa shape index (κ2) is 5.40. The van der Waals surface area contributed by atoms with Gasteiger partial charge in [0.2, 0.25) is 0 Å². The van der Waals surface area contributed by atoms with Crippen molar-refractivity contribution in [1.82, 2.24) is 9.88 Å². The van der Waals surface area contributed by atoms with Gasteiger partial charge in [0.25, 0.3) is 0 Å². The fraction of sp³-hybridized carbons (Fsp3) is 0.429. The summed E-state index contributed by atoms with van der Waals surface area (Å²) in [5, 5.41) is 9.04. The van der Waals surface area contributed by atoms with Gasteiger partial charge in [0.15, 0.2) is 0 Å². The van der Waals surface area contributed by atoms with Crippen LogP contribution in [0.4, 0.5) is 4.79 Å². The van der Waals surface area contributed by atoms with Crippen molar-refractivity contribution >= 4 is 33.6 Å². The van der Waals surface area contributed by atoms with Crippen LogP contribution in [-0.2, 0) is 17.6 Å². The maximum Gasteiger partial charge on any atom is 0.409 e. The first kappa shape index (κ1) is 13.9. The summed E-state index contributed by atoms with van der Waals surface area (Å²) in [6, 6.07) is 1.68. The lowest BCUT2D eigenvalue weighted by atomic mass is 10.1. The SMILES string of the molecule is CCOC(=O)N1CCc2sc3cc(C(=O)O)[nH]c3c2CC1. The van der Waals surface area contributed by atoms with E-state index in [-0.39, 0.29) is 11.8 Å². The van der Waals surface area contributed by atoms with Crippen molar-refractivity contribution in [1.29, 1.82) is 0 Å². The second-order valence-electron chi connectivity index (χ2n) is 4.92. The highest BCUT2D eigenvalue weighted by Gasteiger charge is 2.23. The average Bonchev–Trinajstić information content (AvgIpc) is 2.91. The van der Waals surface area contributed by atoms with E-state index in [0.717, 1.165) is 22.2 Å². The molecule has 0 aromatic carbocycles. The maximum atomic E-state index is 11.8. The third-order valence-corrected chi connectivity index (χ3v) is 4.89. The fourth-order valence-electron chi connectivity index (χ4n) is 2.65. The van der Waals surface area contributed by atoms with E-state index in [1.54, 1.807) is 29.2 Å². The number of aromatic nitrogens is 1. The van der Waals surface area contributed by atoms with Gasteiger partial charge in [-0.15, -0.1) is 11.3 Å². The van der Waals surface area contributed by atoms with Crippen LogP contribution >= 0.6 is 11.3 Å². The highest BCUT2D eigenvalue weighted by Crippen LogP contribution is 2.34. The Morgan fingerprint density at radius 1 is 1.43 bits per heavy atom. The number of H-pyrrole nitrogens is 1. The summed E-state index contributed by atoms with van der Waals surface area (Å²) in [6.45, 7) is 3.40. The summed E-state index contributed by atoms with van der Waals surface area (Å²) in [5.74, 6) is -0.950. The lowest BCUT2D eigenvalue weighted by Crippen LogP contribution is -2.33. The maximum absolute atomic E-state index is 11.8. The zero-order chi connectivity index (χ0) is 15.0. The molecule has 1 amide bonds. The van der Waals surface area contributed by atoms with Crippen LogP contribution in [0.2, 0.25) is 0 Å². The van der Waals surface area contributed by atoms with E-state index in [0.29, 0.717) is 26.1 Å². The Bertz CT molecular complexity index is 703. The average molecular weight is 308 g/mol. The molecule has 112 valence electrons. The quantitative estimate of drug-likeness (QED) is 0.893. The van der Waals surface area contributed by atoms with Crippen molar-refractivity contribution in [2.24, 2.45) is 0 Å². The number of aromatic carboxylic acids is 1. The lowest BCUT2D eigenvalue weighted by molar-refractivity contribution is 0.0691. The van der Waals surface area contributed by atoms with Gasteiger partial charge in [-0.2, -0.15) is 0 Å². The molecule has 0 saturated carbocycles. The normalized spacial score (nSPS) is 14.8. The smallest absolute Gasteiger partial charge is 0.409 e. The van der Waals surface area contributed by atoms with Crippen LogP contribution in [0.5, 0.6) is 0 Å². The highest BCUT2D eigenvalue weighted by molar-refractivity contribution is 7.19. The minimum absolute atomic E-state index is 0.213. The third kappa shape index (κ3) is 2.49. The zero-order valence-corrected chi connectivity index (χ0v) is 12.5. The number of hydrogen-bond donors (Lipinski definition) is 2. The van der Waals surface area contributed by atoms with Gasteiger partial charge < -0.3 is 19.7 Å². The van der Waals surface area contributed by atoms with Crippen molar-refractivity contribution < 1.29 is 19.4 Å². The van der Waals surface area contributed by atoms with Crippen LogP contribution in [-0.4, -0.2) is 46.7 Å². The van der Waals surface area contributed by atoms with Crippen LogP contribution in [0.1, 0.15) is 27.9 Å². The molecule has 0 aliphatic carbocycles. The minimum Gasteiger partial charge on any atom is -0.477 e. The Balaban J connectivity index is 1.86. The predicted molar refractivity (Wildman–Crippen MR) is 79.1 cm³/mol. The monoisotopic (exact) mass is 308 g/mol. The molecule has 2 aromatic heterocycles. The minimum atomic E-state index is -0.950. The van der Waals surface area contributed by atoms with E-state index in [1.165, 1.54) is 4.88 Å². The fourth-order valence-corrected chi connectivity index (χ4v) is 3.89. The second-order valence-corrected chi connectivity index (χ2v) is 6.05. The summed E-state index contributed by atoms with van der Waals surface area (Å²) in [5.41, 5.74) is 2.25. The van der Waals surface area contributed by atoms with Gasteiger partial charge in [-0.1, -0.05) is 0 Å².